The molecular weight excluding hydrogens is 448 g/mol. The molecule has 1 radical (unpaired) electrons. The number of aliphatic hydroxyl groups is 1. The number of allylic oxidation sites excluding steroid dienone is 2. The Morgan fingerprint density at radius 1 is 1.28 bits per heavy atom. The molecule has 7 heteroatoms. The van der Waals surface area contributed by atoms with E-state index in [-0.39, 0.29) is 11.4 Å². The Bertz CT molecular complexity index is 1440. The van der Waals surface area contributed by atoms with Crippen LogP contribution in [-0.4, -0.2) is 41.0 Å². The molecule has 2 N–H and O–H groups in total. The minimum absolute atomic E-state index is 0.121. The van der Waals surface area contributed by atoms with E-state index in [1.807, 2.05) is 45.3 Å². The molecule has 1 aliphatic heterocycles. The number of aromatic nitrogens is 1. The van der Waals surface area contributed by atoms with Crippen LogP contribution in [0.2, 0.25) is 0 Å². The van der Waals surface area contributed by atoms with E-state index in [4.69, 9.17) is 4.74 Å². The molecule has 2 heterocycles. The summed E-state index contributed by atoms with van der Waals surface area (Å²) in [6.45, 7) is 13.3. The third kappa shape index (κ3) is 5.67. The number of rotatable bonds is 5. The molecular formula is C29H26B2NO4. The molecule has 2 aromatic carbocycles. The van der Waals surface area contributed by atoms with Gasteiger partial charge in [-0.2, -0.15) is 0 Å². The molecule has 0 amide bonds. The SMILES string of the molecule is C=C1C=C(c2cbc(C#CC(C)(C)O)nc2)Oc2c1cc(C)cc2C(C)[B]c1ccccc1C(=O)O. The van der Waals surface area contributed by atoms with Crippen molar-refractivity contribution in [3.63, 3.8) is 0 Å². The number of hydrogen-bond donors (Lipinski definition) is 2. The molecule has 0 fully saturated rings. The van der Waals surface area contributed by atoms with Crippen LogP contribution < -0.4 is 10.2 Å². The normalized spacial score (nSPS) is 13.4. The Morgan fingerprint density at radius 2 is 2.03 bits per heavy atom. The first-order valence-corrected chi connectivity index (χ1v) is 11.6. The van der Waals surface area contributed by atoms with Gasteiger partial charge in [0.15, 0.2) is 0 Å². The van der Waals surface area contributed by atoms with E-state index in [1.54, 1.807) is 45.2 Å². The van der Waals surface area contributed by atoms with Gasteiger partial charge in [0.2, 0.25) is 0 Å². The predicted octanol–water partition coefficient (Wildman–Crippen LogP) is 4.09. The van der Waals surface area contributed by atoms with Crippen LogP contribution >= 0.6 is 0 Å². The molecule has 0 saturated heterocycles. The summed E-state index contributed by atoms with van der Waals surface area (Å²) in [6, 6.07) is 11.1. The fourth-order valence-corrected chi connectivity index (χ4v) is 4.04. The Kier molecular flexibility index (Phi) is 7.01. The van der Waals surface area contributed by atoms with E-state index in [2.05, 4.69) is 29.5 Å². The van der Waals surface area contributed by atoms with Crippen LogP contribution in [0.3, 0.4) is 0 Å². The maximum absolute atomic E-state index is 11.7. The van der Waals surface area contributed by atoms with Crippen LogP contribution in [0.4, 0.5) is 0 Å². The summed E-state index contributed by atoms with van der Waals surface area (Å²) in [7, 11) is 1.94. The number of fused-ring (bicyclic) bond motifs is 1. The van der Waals surface area contributed by atoms with Crippen molar-refractivity contribution in [2.45, 2.75) is 39.1 Å². The Morgan fingerprint density at radius 3 is 2.69 bits per heavy atom. The molecule has 5 nitrogen and oxygen atoms in total. The van der Waals surface area contributed by atoms with Crippen molar-refractivity contribution in [1.82, 2.24) is 4.98 Å². The number of nitrogens with zero attached hydrogens (tertiary/aromatic N) is 1. The van der Waals surface area contributed by atoms with E-state index in [1.165, 1.54) is 0 Å². The van der Waals surface area contributed by atoms with Gasteiger partial charge >= 0.3 is 213 Å². The molecule has 0 saturated carbocycles. The zero-order valence-electron chi connectivity index (χ0n) is 20.8. The van der Waals surface area contributed by atoms with Gasteiger partial charge in [0, 0.05) is 0 Å². The van der Waals surface area contributed by atoms with Gasteiger partial charge in [0.05, 0.1) is 0 Å². The second kappa shape index (κ2) is 10.0. The van der Waals surface area contributed by atoms with Crippen LogP contribution in [0.25, 0.3) is 11.3 Å². The second-order valence-corrected chi connectivity index (χ2v) is 9.46. The molecule has 1 unspecified atom stereocenters. The number of hydrogen-bond acceptors (Lipinski definition) is 4. The topological polar surface area (TPSA) is 79.7 Å². The molecule has 0 aliphatic carbocycles. The Hall–Kier alpha value is -3.88. The Balaban J connectivity index is 1.66. The van der Waals surface area contributed by atoms with Crippen molar-refractivity contribution in [3.8, 4) is 17.6 Å². The number of carboxylic acid groups (broad SMARTS) is 1. The van der Waals surface area contributed by atoms with E-state index < -0.39 is 11.6 Å². The van der Waals surface area contributed by atoms with Crippen LogP contribution in [0.5, 0.6) is 5.75 Å². The van der Waals surface area contributed by atoms with Crippen molar-refractivity contribution < 1.29 is 19.7 Å². The third-order valence-electron chi connectivity index (χ3n) is 5.78. The van der Waals surface area contributed by atoms with Gasteiger partial charge < -0.3 is 0 Å². The minimum atomic E-state index is -1.09. The molecule has 1 atom stereocenters. The molecule has 0 bridgehead atoms. The molecule has 3 aromatic rings. The van der Waals surface area contributed by atoms with Gasteiger partial charge in [-0.05, 0) is 0 Å². The van der Waals surface area contributed by atoms with Gasteiger partial charge in [-0.1, -0.05) is 0 Å². The summed E-state index contributed by atoms with van der Waals surface area (Å²) in [5.74, 6) is 7.73. The molecule has 0 spiro atoms. The quantitative estimate of drug-likeness (QED) is 0.431. The third-order valence-corrected chi connectivity index (χ3v) is 5.78. The number of aryl methyl sites for hydroxylation is 1. The average molecular weight is 474 g/mol. The Labute approximate surface area is 213 Å². The van der Waals surface area contributed by atoms with E-state index >= 15 is 0 Å². The van der Waals surface area contributed by atoms with Crippen molar-refractivity contribution in [3.05, 3.63) is 94.6 Å². The van der Waals surface area contributed by atoms with Crippen LogP contribution in [0, 0.1) is 18.8 Å². The summed E-state index contributed by atoms with van der Waals surface area (Å²) in [5.41, 5.74) is 4.88. The molecule has 36 heavy (non-hydrogen) atoms. The van der Waals surface area contributed by atoms with E-state index in [0.29, 0.717) is 22.6 Å². The monoisotopic (exact) mass is 474 g/mol. The van der Waals surface area contributed by atoms with Crippen molar-refractivity contribution in [2.75, 3.05) is 0 Å². The molecule has 177 valence electrons. The van der Waals surface area contributed by atoms with Gasteiger partial charge in [0.25, 0.3) is 0 Å². The number of carbonyl (C=O) groups is 1. The first kappa shape index (κ1) is 25.2. The number of benzene rings is 2. The predicted molar refractivity (Wildman–Crippen MR) is 145 cm³/mol. The van der Waals surface area contributed by atoms with Gasteiger partial charge in [-0.25, -0.2) is 0 Å². The summed E-state index contributed by atoms with van der Waals surface area (Å²) in [6.07, 6.45) is 3.57. The van der Waals surface area contributed by atoms with Crippen molar-refractivity contribution >= 4 is 37.0 Å². The summed E-state index contributed by atoms with van der Waals surface area (Å²) < 4.78 is 6.41. The number of aromatic carboxylic acids is 1. The summed E-state index contributed by atoms with van der Waals surface area (Å²) in [4.78, 5) is 16.1. The van der Waals surface area contributed by atoms with Crippen molar-refractivity contribution in [1.29, 1.82) is 0 Å². The van der Waals surface area contributed by atoms with Crippen LogP contribution in [0.15, 0.2) is 61.2 Å². The zero-order chi connectivity index (χ0) is 26.0. The number of carboxylic acids is 1. The van der Waals surface area contributed by atoms with E-state index in [0.717, 1.165) is 27.8 Å². The van der Waals surface area contributed by atoms with Gasteiger partial charge in [-0.15, -0.1) is 0 Å². The van der Waals surface area contributed by atoms with Crippen molar-refractivity contribution in [2.24, 2.45) is 0 Å². The maximum atomic E-state index is 11.7. The first-order chi connectivity index (χ1) is 17.0. The average Bonchev–Trinajstić information content (AvgIpc) is 2.82. The standard InChI is InChI=1S/C29H26B2NO4/c1-17-12-22-18(2)14-25(20-15-30-26(32-16-20)10-11-29(4,5)35)36-27(22)23(13-17)19(3)31-24-9-7-6-8-21(24)28(33)34/h6-9,12-16,19,35H,2H2,1,3-5H3,(H,33,34). The van der Waals surface area contributed by atoms with Gasteiger partial charge in [-0.3, -0.25) is 0 Å². The molecule has 4 rings (SSSR count). The first-order valence-electron chi connectivity index (χ1n) is 11.6. The number of ether oxygens (including phenoxy) is 1. The second-order valence-electron chi connectivity index (χ2n) is 9.46. The fraction of sp³-hybridized carbons (Fsp3) is 0.207. The fourth-order valence-electron chi connectivity index (χ4n) is 4.04. The molecule has 1 aliphatic rings. The van der Waals surface area contributed by atoms with Crippen LogP contribution in [0.1, 0.15) is 64.8 Å². The zero-order valence-corrected chi connectivity index (χ0v) is 20.8. The molecule has 1 aromatic heterocycles. The van der Waals surface area contributed by atoms with Gasteiger partial charge in [0.1, 0.15) is 0 Å². The van der Waals surface area contributed by atoms with Crippen LogP contribution in [-0.2, 0) is 0 Å². The summed E-state index contributed by atoms with van der Waals surface area (Å²) in [5, 5.41) is 19.4. The van der Waals surface area contributed by atoms with E-state index in [9.17, 15) is 15.0 Å². The summed E-state index contributed by atoms with van der Waals surface area (Å²) >= 11 is 0.